The van der Waals surface area contributed by atoms with E-state index in [1.807, 2.05) is 0 Å². The maximum Gasteiger partial charge on any atom is 0.0790 e. The van der Waals surface area contributed by atoms with E-state index >= 15 is 0 Å². The van der Waals surface area contributed by atoms with E-state index in [4.69, 9.17) is 4.84 Å². The Labute approximate surface area is 91.6 Å². The number of aryl methyl sites for hydroxylation is 1. The molecule has 0 saturated heterocycles. The third-order valence-corrected chi connectivity index (χ3v) is 2.95. The van der Waals surface area contributed by atoms with Gasteiger partial charge in [-0.25, -0.2) is 0 Å². The zero-order chi connectivity index (χ0) is 10.5. The molecule has 0 bridgehead atoms. The minimum Gasteiger partial charge on any atom is -0.298 e. The van der Waals surface area contributed by atoms with Crippen LogP contribution in [0.2, 0.25) is 0 Å². The van der Waals surface area contributed by atoms with Gasteiger partial charge >= 0.3 is 0 Å². The lowest BCUT2D eigenvalue weighted by Crippen LogP contribution is -2.21. The predicted octanol–water partition coefficient (Wildman–Crippen LogP) is 2.96. The van der Waals surface area contributed by atoms with Crippen LogP contribution in [0, 0.1) is 6.92 Å². The van der Waals surface area contributed by atoms with Crippen molar-refractivity contribution in [3.8, 4) is 0 Å². The molecule has 1 saturated carbocycles. The summed E-state index contributed by atoms with van der Waals surface area (Å²) in [5.41, 5.74) is 5.64. The van der Waals surface area contributed by atoms with E-state index in [1.165, 1.54) is 36.8 Å². The summed E-state index contributed by atoms with van der Waals surface area (Å²) in [6.07, 6.45) is 5.49. The summed E-state index contributed by atoms with van der Waals surface area (Å²) in [6.45, 7) is 2.91. The van der Waals surface area contributed by atoms with Gasteiger partial charge in [-0.05, 0) is 25.3 Å². The van der Waals surface area contributed by atoms with Crippen LogP contribution in [0.5, 0.6) is 0 Å². The molecule has 1 fully saturated rings. The first kappa shape index (κ1) is 10.7. The van der Waals surface area contributed by atoms with Crippen LogP contribution in [0.25, 0.3) is 0 Å². The first-order chi connectivity index (χ1) is 7.34. The van der Waals surface area contributed by atoms with Gasteiger partial charge in [0.2, 0.25) is 0 Å². The molecule has 1 aromatic rings. The average Bonchev–Trinajstić information content (AvgIpc) is 2.74. The van der Waals surface area contributed by atoms with E-state index in [1.54, 1.807) is 0 Å². The number of rotatable bonds is 4. The van der Waals surface area contributed by atoms with Crippen LogP contribution in [-0.4, -0.2) is 6.10 Å². The topological polar surface area (TPSA) is 21.3 Å². The van der Waals surface area contributed by atoms with Gasteiger partial charge in [0.15, 0.2) is 0 Å². The van der Waals surface area contributed by atoms with Crippen molar-refractivity contribution in [1.82, 2.24) is 5.48 Å². The lowest BCUT2D eigenvalue weighted by Gasteiger charge is -2.11. The Bertz CT molecular complexity index is 288. The molecule has 2 heteroatoms. The fourth-order valence-corrected chi connectivity index (χ4v) is 1.95. The van der Waals surface area contributed by atoms with Gasteiger partial charge in [0.05, 0.1) is 6.10 Å². The van der Waals surface area contributed by atoms with Crippen molar-refractivity contribution in [3.63, 3.8) is 0 Å². The van der Waals surface area contributed by atoms with Crippen LogP contribution < -0.4 is 5.48 Å². The maximum atomic E-state index is 5.59. The largest absolute Gasteiger partial charge is 0.298 e. The Morgan fingerprint density at radius 3 is 2.53 bits per heavy atom. The van der Waals surface area contributed by atoms with E-state index in [2.05, 4.69) is 36.7 Å². The van der Waals surface area contributed by atoms with Crippen molar-refractivity contribution in [2.75, 3.05) is 0 Å². The standard InChI is InChI=1S/C13H19NO/c1-11-6-8-12(9-7-11)10-14-15-13-4-2-3-5-13/h6-9,13-14H,2-5,10H2,1H3. The molecule has 2 nitrogen and oxygen atoms in total. The minimum atomic E-state index is 0.440. The lowest BCUT2D eigenvalue weighted by atomic mass is 10.2. The molecule has 82 valence electrons. The zero-order valence-electron chi connectivity index (χ0n) is 9.33. The van der Waals surface area contributed by atoms with Crippen molar-refractivity contribution in [3.05, 3.63) is 35.4 Å². The summed E-state index contributed by atoms with van der Waals surface area (Å²) in [6, 6.07) is 8.54. The van der Waals surface area contributed by atoms with E-state index in [-0.39, 0.29) is 0 Å². The van der Waals surface area contributed by atoms with E-state index < -0.39 is 0 Å². The molecule has 1 N–H and O–H groups in total. The molecule has 0 atom stereocenters. The quantitative estimate of drug-likeness (QED) is 0.763. The van der Waals surface area contributed by atoms with Crippen LogP contribution in [0.3, 0.4) is 0 Å². The molecular weight excluding hydrogens is 186 g/mol. The minimum absolute atomic E-state index is 0.440. The summed E-state index contributed by atoms with van der Waals surface area (Å²) in [4.78, 5) is 5.59. The average molecular weight is 205 g/mol. The van der Waals surface area contributed by atoms with Gasteiger partial charge in [0, 0.05) is 6.54 Å². The highest BCUT2D eigenvalue weighted by molar-refractivity contribution is 5.20. The Morgan fingerprint density at radius 1 is 1.20 bits per heavy atom. The molecule has 0 amide bonds. The second kappa shape index (κ2) is 5.29. The molecular formula is C13H19NO. The van der Waals surface area contributed by atoms with Crippen molar-refractivity contribution >= 4 is 0 Å². The monoisotopic (exact) mass is 205 g/mol. The van der Waals surface area contributed by atoms with Crippen LogP contribution in [0.15, 0.2) is 24.3 Å². The zero-order valence-corrected chi connectivity index (χ0v) is 9.33. The van der Waals surface area contributed by atoms with Gasteiger partial charge in [0.25, 0.3) is 0 Å². The summed E-state index contributed by atoms with van der Waals surface area (Å²) in [5, 5.41) is 0. The number of hydrogen-bond donors (Lipinski definition) is 1. The Hall–Kier alpha value is -0.860. The van der Waals surface area contributed by atoms with Crippen molar-refractivity contribution in [1.29, 1.82) is 0 Å². The Morgan fingerprint density at radius 2 is 1.87 bits per heavy atom. The normalized spacial score (nSPS) is 17.1. The number of nitrogens with one attached hydrogen (secondary N) is 1. The highest BCUT2D eigenvalue weighted by Crippen LogP contribution is 2.19. The molecule has 2 rings (SSSR count). The first-order valence-corrected chi connectivity index (χ1v) is 5.78. The summed E-state index contributed by atoms with van der Waals surface area (Å²) in [7, 11) is 0. The van der Waals surface area contributed by atoms with Crippen molar-refractivity contribution < 1.29 is 4.84 Å². The van der Waals surface area contributed by atoms with E-state index in [9.17, 15) is 0 Å². The van der Waals surface area contributed by atoms with E-state index in [0.717, 1.165) is 6.54 Å². The number of hydroxylamine groups is 1. The SMILES string of the molecule is Cc1ccc(CNOC2CCCC2)cc1. The summed E-state index contributed by atoms with van der Waals surface area (Å²) < 4.78 is 0. The maximum absolute atomic E-state index is 5.59. The van der Waals surface area contributed by atoms with Gasteiger partial charge in [0.1, 0.15) is 0 Å². The second-order valence-corrected chi connectivity index (χ2v) is 4.33. The van der Waals surface area contributed by atoms with Gasteiger partial charge < -0.3 is 0 Å². The van der Waals surface area contributed by atoms with Crippen molar-refractivity contribution in [2.24, 2.45) is 0 Å². The highest BCUT2D eigenvalue weighted by Gasteiger charge is 2.15. The predicted molar refractivity (Wildman–Crippen MR) is 61.4 cm³/mol. The van der Waals surface area contributed by atoms with Crippen LogP contribution in [0.1, 0.15) is 36.8 Å². The molecule has 0 aliphatic heterocycles. The molecule has 0 radical (unpaired) electrons. The molecule has 0 spiro atoms. The van der Waals surface area contributed by atoms with Crippen molar-refractivity contribution in [2.45, 2.75) is 45.3 Å². The smallest absolute Gasteiger partial charge is 0.0790 e. The van der Waals surface area contributed by atoms with Gasteiger partial charge in [-0.15, -0.1) is 0 Å². The van der Waals surface area contributed by atoms with Crippen LogP contribution in [0.4, 0.5) is 0 Å². The van der Waals surface area contributed by atoms with Crippen LogP contribution >= 0.6 is 0 Å². The van der Waals surface area contributed by atoms with Gasteiger partial charge in [-0.1, -0.05) is 42.7 Å². The molecule has 0 heterocycles. The first-order valence-electron chi connectivity index (χ1n) is 5.78. The molecule has 1 aromatic carbocycles. The molecule has 0 aromatic heterocycles. The lowest BCUT2D eigenvalue weighted by molar-refractivity contribution is -0.0244. The van der Waals surface area contributed by atoms with Gasteiger partial charge in [-0.2, -0.15) is 5.48 Å². The molecule has 15 heavy (non-hydrogen) atoms. The Balaban J connectivity index is 1.71. The highest BCUT2D eigenvalue weighted by atomic mass is 16.7. The second-order valence-electron chi connectivity index (χ2n) is 4.33. The molecule has 1 aliphatic carbocycles. The number of benzene rings is 1. The summed E-state index contributed by atoms with van der Waals surface area (Å²) in [5.74, 6) is 0. The summed E-state index contributed by atoms with van der Waals surface area (Å²) >= 11 is 0. The molecule has 0 unspecified atom stereocenters. The number of hydrogen-bond acceptors (Lipinski definition) is 2. The third-order valence-electron chi connectivity index (χ3n) is 2.95. The van der Waals surface area contributed by atoms with Gasteiger partial charge in [-0.3, -0.25) is 4.84 Å². The fourth-order valence-electron chi connectivity index (χ4n) is 1.95. The Kier molecular flexibility index (Phi) is 3.75. The van der Waals surface area contributed by atoms with E-state index in [0.29, 0.717) is 6.10 Å². The third kappa shape index (κ3) is 3.33. The van der Waals surface area contributed by atoms with Crippen LogP contribution in [-0.2, 0) is 11.4 Å². The molecule has 1 aliphatic rings. The fraction of sp³-hybridized carbons (Fsp3) is 0.538.